The number of rotatable bonds is 9. The molecule has 1 amide bonds. The van der Waals surface area contributed by atoms with E-state index in [0.29, 0.717) is 18.0 Å². The van der Waals surface area contributed by atoms with Crippen LogP contribution in [0.2, 0.25) is 0 Å². The summed E-state index contributed by atoms with van der Waals surface area (Å²) in [6.45, 7) is 2.57. The number of hydrogen-bond acceptors (Lipinski definition) is 4. The number of aryl methyl sites for hydroxylation is 1. The second-order valence-corrected chi connectivity index (χ2v) is 7.89. The van der Waals surface area contributed by atoms with Gasteiger partial charge in [-0.2, -0.15) is 5.10 Å². The lowest BCUT2D eigenvalue weighted by Gasteiger charge is -2.26. The van der Waals surface area contributed by atoms with Crippen molar-refractivity contribution in [2.24, 2.45) is 0 Å². The number of benzene rings is 3. The van der Waals surface area contributed by atoms with Gasteiger partial charge in [-0.15, -0.1) is 0 Å². The van der Waals surface area contributed by atoms with Crippen LogP contribution >= 0.6 is 0 Å². The van der Waals surface area contributed by atoms with Crippen molar-refractivity contribution in [3.63, 3.8) is 0 Å². The number of amides is 1. The summed E-state index contributed by atoms with van der Waals surface area (Å²) >= 11 is 0. The molecule has 0 saturated carbocycles. The van der Waals surface area contributed by atoms with Gasteiger partial charge in [-0.05, 0) is 41.8 Å². The molecule has 4 rings (SSSR count). The predicted octanol–water partition coefficient (Wildman–Crippen LogP) is 4.91. The third kappa shape index (κ3) is 5.67. The van der Waals surface area contributed by atoms with Gasteiger partial charge in [0.2, 0.25) is 5.91 Å². The molecule has 0 saturated heterocycles. The normalized spacial score (nSPS) is 12.7. The molecule has 6 heteroatoms. The summed E-state index contributed by atoms with van der Waals surface area (Å²) in [5, 5.41) is 11.0. The zero-order valence-electron chi connectivity index (χ0n) is 18.8. The minimum atomic E-state index is -0.586. The fraction of sp³-hybridized carbons (Fsp3) is 0.185. The summed E-state index contributed by atoms with van der Waals surface area (Å²) in [4.78, 5) is 13.6. The molecule has 6 nitrogen and oxygen atoms in total. The summed E-state index contributed by atoms with van der Waals surface area (Å²) < 4.78 is 7.33. The summed E-state index contributed by atoms with van der Waals surface area (Å²) in [6, 6.07) is 26.8. The number of methoxy groups -OCH3 is 1. The van der Waals surface area contributed by atoms with E-state index in [1.165, 1.54) is 0 Å². The minimum absolute atomic E-state index is 0.138. The Balaban J connectivity index is 1.66. The molecule has 4 aromatic rings. The monoisotopic (exact) mass is 440 g/mol. The first-order chi connectivity index (χ1) is 16.1. The van der Waals surface area contributed by atoms with Crippen molar-refractivity contribution in [2.75, 3.05) is 12.4 Å². The highest BCUT2D eigenvalue weighted by Gasteiger charge is 2.26. The van der Waals surface area contributed by atoms with Gasteiger partial charge in [0.25, 0.3) is 0 Å². The smallest absolute Gasteiger partial charge is 0.246 e. The van der Waals surface area contributed by atoms with Gasteiger partial charge in [-0.3, -0.25) is 14.8 Å². The maximum absolute atomic E-state index is 13.6. The summed E-state index contributed by atoms with van der Waals surface area (Å²) in [5.74, 6) is 0.461. The Kier molecular flexibility index (Phi) is 7.17. The quantitative estimate of drug-likeness (QED) is 0.388. The van der Waals surface area contributed by atoms with Gasteiger partial charge in [0.05, 0.1) is 25.4 Å². The fourth-order valence-electron chi connectivity index (χ4n) is 3.83. The Labute approximate surface area is 194 Å². The molecule has 0 radical (unpaired) electrons. The molecule has 0 aliphatic rings. The van der Waals surface area contributed by atoms with Crippen LogP contribution < -0.4 is 15.4 Å². The molecule has 2 unspecified atom stereocenters. The van der Waals surface area contributed by atoms with Gasteiger partial charge in [-0.25, -0.2) is 0 Å². The molecule has 0 aliphatic heterocycles. The van der Waals surface area contributed by atoms with Gasteiger partial charge in [0.15, 0.2) is 0 Å². The van der Waals surface area contributed by atoms with E-state index in [-0.39, 0.29) is 11.9 Å². The highest BCUT2D eigenvalue weighted by molar-refractivity contribution is 5.96. The number of nitrogens with one attached hydrogen (secondary N) is 2. The Morgan fingerprint density at radius 1 is 0.970 bits per heavy atom. The lowest BCUT2D eigenvalue weighted by atomic mass is 10.0. The standard InChI is InChI=1S/C27H28N4O2/c1-20-14-15-25(33-2)23(18-20)30-27(32)26(22-12-7-4-8-13-22)29-24(19-31-17-9-16-28-31)21-10-5-3-6-11-21/h3-18,24,26,29H,19H2,1-2H3,(H,30,32). The van der Waals surface area contributed by atoms with Crippen LogP contribution in [0.25, 0.3) is 0 Å². The van der Waals surface area contributed by atoms with Gasteiger partial charge in [0, 0.05) is 12.4 Å². The van der Waals surface area contributed by atoms with E-state index in [1.54, 1.807) is 13.3 Å². The molecular formula is C27H28N4O2. The van der Waals surface area contributed by atoms with Crippen molar-refractivity contribution in [3.8, 4) is 5.75 Å². The van der Waals surface area contributed by atoms with Crippen LogP contribution in [0.5, 0.6) is 5.75 Å². The number of ether oxygens (including phenoxy) is 1. The lowest BCUT2D eigenvalue weighted by Crippen LogP contribution is -2.37. The van der Waals surface area contributed by atoms with Crippen molar-refractivity contribution >= 4 is 11.6 Å². The molecule has 168 valence electrons. The second kappa shape index (κ2) is 10.6. The average molecular weight is 441 g/mol. The number of anilines is 1. The molecule has 3 aromatic carbocycles. The van der Waals surface area contributed by atoms with Crippen molar-refractivity contribution < 1.29 is 9.53 Å². The number of carbonyl (C=O) groups excluding carboxylic acids is 1. The molecule has 0 aliphatic carbocycles. The Hall–Kier alpha value is -3.90. The van der Waals surface area contributed by atoms with Crippen LogP contribution in [0.1, 0.15) is 28.8 Å². The fourth-order valence-corrected chi connectivity index (χ4v) is 3.83. The SMILES string of the molecule is COc1ccc(C)cc1NC(=O)C(NC(Cn1cccn1)c1ccccc1)c1ccccc1. The van der Waals surface area contributed by atoms with E-state index in [1.807, 2.05) is 90.6 Å². The highest BCUT2D eigenvalue weighted by Crippen LogP contribution is 2.28. The van der Waals surface area contributed by atoms with Gasteiger partial charge in [0.1, 0.15) is 11.8 Å². The van der Waals surface area contributed by atoms with E-state index in [2.05, 4.69) is 27.9 Å². The van der Waals surface area contributed by atoms with Crippen molar-refractivity contribution in [1.82, 2.24) is 15.1 Å². The van der Waals surface area contributed by atoms with Crippen LogP contribution in [-0.4, -0.2) is 22.8 Å². The number of hydrogen-bond donors (Lipinski definition) is 2. The topological polar surface area (TPSA) is 68.2 Å². The molecule has 2 N–H and O–H groups in total. The lowest BCUT2D eigenvalue weighted by molar-refractivity contribution is -0.118. The Morgan fingerprint density at radius 2 is 1.67 bits per heavy atom. The molecule has 1 heterocycles. The molecule has 33 heavy (non-hydrogen) atoms. The highest BCUT2D eigenvalue weighted by atomic mass is 16.5. The van der Waals surface area contributed by atoms with E-state index in [9.17, 15) is 4.79 Å². The van der Waals surface area contributed by atoms with E-state index >= 15 is 0 Å². The molecule has 1 aromatic heterocycles. The van der Waals surface area contributed by atoms with E-state index in [4.69, 9.17) is 4.74 Å². The number of nitrogens with zero attached hydrogens (tertiary/aromatic N) is 2. The third-order valence-corrected chi connectivity index (χ3v) is 5.51. The first-order valence-corrected chi connectivity index (χ1v) is 10.9. The summed E-state index contributed by atoms with van der Waals surface area (Å²) in [7, 11) is 1.60. The predicted molar refractivity (Wildman–Crippen MR) is 130 cm³/mol. The minimum Gasteiger partial charge on any atom is -0.495 e. The van der Waals surface area contributed by atoms with Crippen LogP contribution in [-0.2, 0) is 11.3 Å². The Morgan fingerprint density at radius 3 is 2.30 bits per heavy atom. The van der Waals surface area contributed by atoms with E-state index in [0.717, 1.165) is 16.7 Å². The third-order valence-electron chi connectivity index (χ3n) is 5.51. The van der Waals surface area contributed by atoms with E-state index < -0.39 is 6.04 Å². The Bertz CT molecular complexity index is 1160. The van der Waals surface area contributed by atoms with Crippen LogP contribution in [0.4, 0.5) is 5.69 Å². The number of aromatic nitrogens is 2. The first-order valence-electron chi connectivity index (χ1n) is 10.9. The molecule has 0 fully saturated rings. The largest absolute Gasteiger partial charge is 0.495 e. The maximum atomic E-state index is 13.6. The van der Waals surface area contributed by atoms with Crippen molar-refractivity contribution in [3.05, 3.63) is 114 Å². The van der Waals surface area contributed by atoms with Crippen LogP contribution in [0, 0.1) is 6.92 Å². The van der Waals surface area contributed by atoms with Gasteiger partial charge >= 0.3 is 0 Å². The average Bonchev–Trinajstić information content (AvgIpc) is 3.36. The number of carbonyl (C=O) groups is 1. The van der Waals surface area contributed by atoms with Crippen molar-refractivity contribution in [2.45, 2.75) is 25.6 Å². The van der Waals surface area contributed by atoms with Crippen molar-refractivity contribution in [1.29, 1.82) is 0 Å². The molecular weight excluding hydrogens is 412 g/mol. The first kappa shape index (κ1) is 22.3. The summed E-state index contributed by atoms with van der Waals surface area (Å²) in [5.41, 5.74) is 3.64. The molecule has 0 spiro atoms. The summed E-state index contributed by atoms with van der Waals surface area (Å²) in [6.07, 6.45) is 3.68. The zero-order chi connectivity index (χ0) is 23.0. The maximum Gasteiger partial charge on any atom is 0.246 e. The molecule has 2 atom stereocenters. The van der Waals surface area contributed by atoms with Gasteiger partial charge < -0.3 is 10.1 Å². The second-order valence-electron chi connectivity index (χ2n) is 7.89. The van der Waals surface area contributed by atoms with Gasteiger partial charge in [-0.1, -0.05) is 66.7 Å². The van der Waals surface area contributed by atoms with Crippen LogP contribution in [0.15, 0.2) is 97.3 Å². The van der Waals surface area contributed by atoms with Crippen LogP contribution in [0.3, 0.4) is 0 Å². The zero-order valence-corrected chi connectivity index (χ0v) is 18.8. The molecule has 0 bridgehead atoms.